The first-order chi connectivity index (χ1) is 14.6. The third kappa shape index (κ3) is 3.76. The Kier molecular flexibility index (Phi) is 5.32. The molecule has 1 saturated heterocycles. The van der Waals surface area contributed by atoms with E-state index in [1.54, 1.807) is 0 Å². The predicted molar refractivity (Wildman–Crippen MR) is 126 cm³/mol. The topological polar surface area (TPSA) is 6.48 Å². The first-order valence-corrected chi connectivity index (χ1v) is 11.1. The zero-order valence-electron chi connectivity index (χ0n) is 16.9. The van der Waals surface area contributed by atoms with Crippen molar-refractivity contribution in [2.45, 2.75) is 25.6 Å². The van der Waals surface area contributed by atoms with Gasteiger partial charge in [0, 0.05) is 35.9 Å². The molecule has 0 N–H and O–H groups in total. The highest BCUT2D eigenvalue weighted by molar-refractivity contribution is 6.30. The number of fused-ring (bicyclic) bond motifs is 1. The SMILES string of the molecule is Cc1cccc2c1C=CN(C1CN(C(c3ccc(Cl)cc3)c3ccc(Cl)cc3)C1)C2. The average Bonchev–Trinajstić information content (AvgIpc) is 2.72. The first kappa shape index (κ1) is 19.7. The third-order valence-corrected chi connectivity index (χ3v) is 6.80. The van der Waals surface area contributed by atoms with E-state index in [4.69, 9.17) is 23.2 Å². The molecule has 2 heterocycles. The van der Waals surface area contributed by atoms with Crippen LogP contribution in [0.15, 0.2) is 72.9 Å². The Morgan fingerprint density at radius 1 is 0.833 bits per heavy atom. The molecule has 0 spiro atoms. The van der Waals surface area contributed by atoms with E-state index in [1.165, 1.54) is 27.8 Å². The minimum absolute atomic E-state index is 0.207. The Bertz CT molecular complexity index is 1020. The molecule has 0 aliphatic carbocycles. The van der Waals surface area contributed by atoms with Gasteiger partial charge in [0.2, 0.25) is 0 Å². The molecule has 3 aromatic rings. The van der Waals surface area contributed by atoms with Gasteiger partial charge in [-0.05, 0) is 65.1 Å². The number of nitrogens with zero attached hydrogens (tertiary/aromatic N) is 2. The summed E-state index contributed by atoms with van der Waals surface area (Å²) in [6.07, 6.45) is 4.55. The normalized spacial score (nSPS) is 16.6. The summed E-state index contributed by atoms with van der Waals surface area (Å²) in [6, 6.07) is 23.8. The average molecular weight is 435 g/mol. The number of aryl methyl sites for hydroxylation is 1. The van der Waals surface area contributed by atoms with Gasteiger partial charge in [-0.25, -0.2) is 0 Å². The maximum absolute atomic E-state index is 6.14. The van der Waals surface area contributed by atoms with Gasteiger partial charge in [-0.3, -0.25) is 4.90 Å². The van der Waals surface area contributed by atoms with Crippen molar-refractivity contribution in [3.8, 4) is 0 Å². The van der Waals surface area contributed by atoms with Crippen molar-refractivity contribution in [2.24, 2.45) is 0 Å². The second-order valence-electron chi connectivity index (χ2n) is 8.25. The number of benzene rings is 3. The van der Waals surface area contributed by atoms with E-state index in [0.29, 0.717) is 6.04 Å². The largest absolute Gasteiger partial charge is 0.368 e. The van der Waals surface area contributed by atoms with Crippen molar-refractivity contribution in [3.63, 3.8) is 0 Å². The maximum atomic E-state index is 6.14. The highest BCUT2D eigenvalue weighted by Gasteiger charge is 2.37. The van der Waals surface area contributed by atoms with Gasteiger partial charge in [0.25, 0.3) is 0 Å². The molecule has 2 aliphatic rings. The predicted octanol–water partition coefficient (Wildman–Crippen LogP) is 6.56. The lowest BCUT2D eigenvalue weighted by molar-refractivity contribution is 0.0339. The molecule has 5 rings (SSSR count). The van der Waals surface area contributed by atoms with E-state index in [2.05, 4.69) is 71.5 Å². The summed E-state index contributed by atoms with van der Waals surface area (Å²) in [5.41, 5.74) is 6.67. The number of hydrogen-bond acceptors (Lipinski definition) is 2. The molecule has 152 valence electrons. The van der Waals surface area contributed by atoms with Crippen molar-refractivity contribution in [1.29, 1.82) is 0 Å². The summed E-state index contributed by atoms with van der Waals surface area (Å²) in [5.74, 6) is 0. The Morgan fingerprint density at radius 3 is 2.03 bits per heavy atom. The second-order valence-corrected chi connectivity index (χ2v) is 9.12. The fourth-order valence-electron chi connectivity index (χ4n) is 4.60. The van der Waals surface area contributed by atoms with E-state index in [9.17, 15) is 0 Å². The highest BCUT2D eigenvalue weighted by Crippen LogP contribution is 2.36. The van der Waals surface area contributed by atoms with E-state index in [1.807, 2.05) is 24.3 Å². The van der Waals surface area contributed by atoms with E-state index in [-0.39, 0.29) is 6.04 Å². The molecule has 0 bridgehead atoms. The molecule has 0 atom stereocenters. The van der Waals surface area contributed by atoms with E-state index < -0.39 is 0 Å². The quantitative estimate of drug-likeness (QED) is 0.458. The first-order valence-electron chi connectivity index (χ1n) is 10.4. The van der Waals surface area contributed by atoms with Crippen LogP contribution in [-0.4, -0.2) is 28.9 Å². The minimum Gasteiger partial charge on any atom is -0.368 e. The Morgan fingerprint density at radius 2 is 1.43 bits per heavy atom. The van der Waals surface area contributed by atoms with Crippen LogP contribution >= 0.6 is 23.2 Å². The van der Waals surface area contributed by atoms with Gasteiger partial charge in [0.05, 0.1) is 12.1 Å². The van der Waals surface area contributed by atoms with Gasteiger partial charge in [-0.2, -0.15) is 0 Å². The van der Waals surface area contributed by atoms with Crippen molar-refractivity contribution >= 4 is 29.3 Å². The molecule has 30 heavy (non-hydrogen) atoms. The van der Waals surface area contributed by atoms with Crippen molar-refractivity contribution in [1.82, 2.24) is 9.80 Å². The molecule has 0 amide bonds. The lowest BCUT2D eigenvalue weighted by Crippen LogP contribution is -2.58. The minimum atomic E-state index is 0.207. The molecule has 0 unspecified atom stereocenters. The Balaban J connectivity index is 1.35. The summed E-state index contributed by atoms with van der Waals surface area (Å²) >= 11 is 12.3. The van der Waals surface area contributed by atoms with Gasteiger partial charge >= 0.3 is 0 Å². The van der Waals surface area contributed by atoms with Crippen LogP contribution in [0.3, 0.4) is 0 Å². The van der Waals surface area contributed by atoms with Crippen LogP contribution < -0.4 is 0 Å². The van der Waals surface area contributed by atoms with Crippen LogP contribution in [0.5, 0.6) is 0 Å². The number of rotatable bonds is 4. The molecule has 0 radical (unpaired) electrons. The van der Waals surface area contributed by atoms with Gasteiger partial charge < -0.3 is 4.90 Å². The Hall–Kier alpha value is -2.26. The van der Waals surface area contributed by atoms with Crippen LogP contribution in [0.2, 0.25) is 10.0 Å². The van der Waals surface area contributed by atoms with Crippen LogP contribution in [0.25, 0.3) is 6.08 Å². The molecule has 4 heteroatoms. The van der Waals surface area contributed by atoms with Gasteiger partial charge in [0.1, 0.15) is 0 Å². The lowest BCUT2D eigenvalue weighted by atomic mass is 9.91. The Labute approximate surface area is 188 Å². The van der Waals surface area contributed by atoms with Gasteiger partial charge in [-0.1, -0.05) is 65.7 Å². The monoisotopic (exact) mass is 434 g/mol. The van der Waals surface area contributed by atoms with Crippen LogP contribution in [0.4, 0.5) is 0 Å². The molecular formula is C26H24Cl2N2. The molecule has 0 aromatic heterocycles. The maximum Gasteiger partial charge on any atom is 0.0603 e. The van der Waals surface area contributed by atoms with Crippen LogP contribution in [0.1, 0.15) is 33.9 Å². The fourth-order valence-corrected chi connectivity index (χ4v) is 4.85. The zero-order valence-corrected chi connectivity index (χ0v) is 18.4. The van der Waals surface area contributed by atoms with Crippen molar-refractivity contribution < 1.29 is 0 Å². The summed E-state index contributed by atoms with van der Waals surface area (Å²) in [7, 11) is 0. The molecule has 1 fully saturated rings. The zero-order chi connectivity index (χ0) is 20.7. The lowest BCUT2D eigenvalue weighted by Gasteiger charge is -2.49. The smallest absolute Gasteiger partial charge is 0.0603 e. The summed E-state index contributed by atoms with van der Waals surface area (Å²) < 4.78 is 0. The second kappa shape index (κ2) is 8.11. The van der Waals surface area contributed by atoms with Crippen molar-refractivity contribution in [2.75, 3.05) is 13.1 Å². The van der Waals surface area contributed by atoms with Gasteiger partial charge in [-0.15, -0.1) is 0 Å². The number of hydrogen-bond donors (Lipinski definition) is 0. The highest BCUT2D eigenvalue weighted by atomic mass is 35.5. The standard InChI is InChI=1S/C26H24Cl2N2/c1-18-3-2-4-21-15-29(14-13-25(18)21)24-16-30(17-24)26(19-5-9-22(27)10-6-19)20-7-11-23(28)12-8-20/h2-14,24,26H,15-17H2,1H3. The van der Waals surface area contributed by atoms with Crippen molar-refractivity contribution in [3.05, 3.63) is 111 Å². The molecule has 2 aliphatic heterocycles. The van der Waals surface area contributed by atoms with Gasteiger partial charge in [0.15, 0.2) is 0 Å². The third-order valence-electron chi connectivity index (χ3n) is 6.30. The van der Waals surface area contributed by atoms with E-state index >= 15 is 0 Å². The van der Waals surface area contributed by atoms with Crippen LogP contribution in [-0.2, 0) is 6.54 Å². The molecule has 0 saturated carbocycles. The molecule has 3 aromatic carbocycles. The number of halogens is 2. The summed E-state index contributed by atoms with van der Waals surface area (Å²) in [6.45, 7) is 5.23. The number of likely N-dealkylation sites (tertiary alicyclic amines) is 1. The fraction of sp³-hybridized carbons (Fsp3) is 0.231. The van der Waals surface area contributed by atoms with Crippen LogP contribution in [0, 0.1) is 6.92 Å². The molecule has 2 nitrogen and oxygen atoms in total. The van der Waals surface area contributed by atoms with E-state index in [0.717, 1.165) is 29.7 Å². The summed E-state index contributed by atoms with van der Waals surface area (Å²) in [5, 5.41) is 1.53. The summed E-state index contributed by atoms with van der Waals surface area (Å²) in [4.78, 5) is 5.02. The molecular weight excluding hydrogens is 411 g/mol.